The van der Waals surface area contributed by atoms with Crippen molar-refractivity contribution in [2.75, 3.05) is 0 Å². The number of hydrogen-bond acceptors (Lipinski definition) is 0. The summed E-state index contributed by atoms with van der Waals surface area (Å²) in [7, 11) is 0. The molecule has 0 aliphatic heterocycles. The molecular weight excluding hydrogens is 384 g/mol. The van der Waals surface area contributed by atoms with Crippen LogP contribution in [-0.4, -0.2) is 0 Å². The summed E-state index contributed by atoms with van der Waals surface area (Å²) in [6, 6.07) is 14.8. The summed E-state index contributed by atoms with van der Waals surface area (Å²) in [6.45, 7) is 16.4. The zero-order valence-corrected chi connectivity index (χ0v) is 20.9. The number of aryl methyl sites for hydroxylation is 1. The predicted octanol–water partition coefficient (Wildman–Crippen LogP) is 8.94. The van der Waals surface area contributed by atoms with Crippen molar-refractivity contribution >= 4 is 5.57 Å². The van der Waals surface area contributed by atoms with Crippen LogP contribution in [0.4, 0.5) is 0 Å². The van der Waals surface area contributed by atoms with Gasteiger partial charge in [-0.05, 0) is 101 Å². The Balaban J connectivity index is 1.63. The quantitative estimate of drug-likeness (QED) is 0.461. The molecule has 32 heavy (non-hydrogen) atoms. The van der Waals surface area contributed by atoms with E-state index in [4.69, 9.17) is 0 Å². The van der Waals surface area contributed by atoms with Crippen LogP contribution in [0.25, 0.3) is 5.57 Å². The Labute approximate surface area is 195 Å². The topological polar surface area (TPSA) is 0 Å². The first-order chi connectivity index (χ1) is 15.1. The lowest BCUT2D eigenvalue weighted by Gasteiger charge is -2.44. The number of hydrogen-bond donors (Lipinski definition) is 0. The number of fused-ring (bicyclic) bond motifs is 1. The van der Waals surface area contributed by atoms with Crippen LogP contribution in [0.5, 0.6) is 0 Å². The van der Waals surface area contributed by atoms with Crippen molar-refractivity contribution in [1.82, 2.24) is 0 Å². The summed E-state index contributed by atoms with van der Waals surface area (Å²) in [5.74, 6) is 0. The summed E-state index contributed by atoms with van der Waals surface area (Å²) in [5, 5.41) is 0. The van der Waals surface area contributed by atoms with Crippen molar-refractivity contribution in [1.29, 1.82) is 0 Å². The normalized spacial score (nSPS) is 23.2. The van der Waals surface area contributed by atoms with E-state index in [0.29, 0.717) is 0 Å². The summed E-state index contributed by atoms with van der Waals surface area (Å²) in [5.41, 5.74) is 12.5. The third-order valence-corrected chi connectivity index (χ3v) is 9.09. The highest BCUT2D eigenvalue weighted by molar-refractivity contribution is 5.80. The average Bonchev–Trinajstić information content (AvgIpc) is 3.41. The highest BCUT2D eigenvalue weighted by atomic mass is 14.5. The van der Waals surface area contributed by atoms with Gasteiger partial charge in [0.05, 0.1) is 0 Å². The highest BCUT2D eigenvalue weighted by Gasteiger charge is 2.42. The highest BCUT2D eigenvalue weighted by Crippen LogP contribution is 2.52. The lowest BCUT2D eigenvalue weighted by Crippen LogP contribution is -2.35. The fourth-order valence-electron chi connectivity index (χ4n) is 6.89. The maximum atomic E-state index is 4.28. The fraction of sp³-hybridized carbons (Fsp3) is 0.500. The second kappa shape index (κ2) is 7.47. The van der Waals surface area contributed by atoms with Crippen molar-refractivity contribution < 1.29 is 0 Å². The van der Waals surface area contributed by atoms with Crippen molar-refractivity contribution in [3.8, 4) is 0 Å². The number of benzene rings is 2. The molecule has 0 amide bonds. The Hall–Kier alpha value is -2.08. The molecule has 0 saturated heterocycles. The molecule has 2 aromatic carbocycles. The molecule has 2 aromatic rings. The SMILES string of the molecule is C=C1CCC=C1c1ccc(C2(c3cc4c(cc3C)C(C)(C)CCC4(C)C)CCCC2)cc1. The van der Waals surface area contributed by atoms with E-state index in [1.807, 2.05) is 0 Å². The molecule has 3 aliphatic rings. The summed E-state index contributed by atoms with van der Waals surface area (Å²) in [4.78, 5) is 0. The Morgan fingerprint density at radius 2 is 1.34 bits per heavy atom. The summed E-state index contributed by atoms with van der Waals surface area (Å²) < 4.78 is 0. The van der Waals surface area contributed by atoms with E-state index >= 15 is 0 Å². The molecule has 0 bridgehead atoms. The number of rotatable bonds is 3. The standard InChI is InChI=1S/C32H40/c1-22-10-9-11-26(22)24-12-14-25(15-13-24)32(16-7-8-17-32)27-21-29-28(20-23(27)2)30(3,4)18-19-31(29,5)6/h11-15,20-21H,1,7-10,16-19H2,2-6H3. The lowest BCUT2D eigenvalue weighted by molar-refractivity contribution is 0.330. The monoisotopic (exact) mass is 424 g/mol. The molecule has 0 spiro atoms. The predicted molar refractivity (Wildman–Crippen MR) is 139 cm³/mol. The first-order valence-electron chi connectivity index (χ1n) is 12.8. The minimum atomic E-state index is 0.163. The largest absolute Gasteiger partial charge is 0.0952 e. The van der Waals surface area contributed by atoms with Crippen LogP contribution >= 0.6 is 0 Å². The van der Waals surface area contributed by atoms with E-state index in [1.54, 1.807) is 16.7 Å². The van der Waals surface area contributed by atoms with E-state index in [2.05, 4.69) is 83.7 Å². The van der Waals surface area contributed by atoms with Crippen LogP contribution in [0, 0.1) is 6.92 Å². The molecule has 0 radical (unpaired) electrons. The third-order valence-electron chi connectivity index (χ3n) is 9.09. The molecular formula is C32H40. The molecule has 1 fully saturated rings. The fourth-order valence-corrected chi connectivity index (χ4v) is 6.89. The summed E-state index contributed by atoms with van der Waals surface area (Å²) in [6.07, 6.45) is 12.4. The maximum Gasteiger partial charge on any atom is 0.0205 e. The Bertz CT molecular complexity index is 1080. The molecule has 0 heteroatoms. The van der Waals surface area contributed by atoms with E-state index < -0.39 is 0 Å². The van der Waals surface area contributed by atoms with Gasteiger partial charge in [-0.3, -0.25) is 0 Å². The first kappa shape index (κ1) is 21.7. The molecule has 168 valence electrons. The smallest absolute Gasteiger partial charge is 0.0205 e. The van der Waals surface area contributed by atoms with Crippen molar-refractivity contribution in [2.45, 2.75) is 102 Å². The van der Waals surface area contributed by atoms with Gasteiger partial charge in [0.2, 0.25) is 0 Å². The van der Waals surface area contributed by atoms with Crippen LogP contribution in [-0.2, 0) is 16.2 Å². The Morgan fingerprint density at radius 1 is 0.750 bits per heavy atom. The molecule has 0 unspecified atom stereocenters. The van der Waals surface area contributed by atoms with E-state index in [0.717, 1.165) is 12.8 Å². The average molecular weight is 425 g/mol. The second-order valence-electron chi connectivity index (χ2n) is 12.1. The molecule has 0 N–H and O–H groups in total. The molecule has 0 heterocycles. The molecule has 0 aromatic heterocycles. The van der Waals surface area contributed by atoms with Gasteiger partial charge in [-0.25, -0.2) is 0 Å². The Kier molecular flexibility index (Phi) is 5.08. The van der Waals surface area contributed by atoms with Crippen LogP contribution in [0.15, 0.2) is 54.6 Å². The first-order valence-corrected chi connectivity index (χ1v) is 12.8. The van der Waals surface area contributed by atoms with E-state index in [-0.39, 0.29) is 16.2 Å². The summed E-state index contributed by atoms with van der Waals surface area (Å²) >= 11 is 0. The van der Waals surface area contributed by atoms with Crippen LogP contribution in [0.1, 0.15) is 112 Å². The maximum absolute atomic E-state index is 4.28. The van der Waals surface area contributed by atoms with Gasteiger partial charge < -0.3 is 0 Å². The van der Waals surface area contributed by atoms with Gasteiger partial charge in [-0.15, -0.1) is 0 Å². The van der Waals surface area contributed by atoms with Crippen LogP contribution in [0.3, 0.4) is 0 Å². The van der Waals surface area contributed by atoms with Crippen molar-refractivity contribution in [3.05, 3.63) is 88.0 Å². The minimum absolute atomic E-state index is 0.163. The van der Waals surface area contributed by atoms with E-state index in [1.165, 1.54) is 66.4 Å². The molecule has 0 nitrogen and oxygen atoms in total. The van der Waals surface area contributed by atoms with Crippen molar-refractivity contribution in [2.24, 2.45) is 0 Å². The molecule has 1 saturated carbocycles. The third kappa shape index (κ3) is 3.33. The molecule has 0 atom stereocenters. The van der Waals surface area contributed by atoms with Gasteiger partial charge >= 0.3 is 0 Å². The minimum Gasteiger partial charge on any atom is -0.0952 e. The van der Waals surface area contributed by atoms with Gasteiger partial charge in [0.15, 0.2) is 0 Å². The van der Waals surface area contributed by atoms with Gasteiger partial charge in [-0.1, -0.05) is 89.6 Å². The Morgan fingerprint density at radius 3 is 1.91 bits per heavy atom. The molecule has 5 rings (SSSR count). The van der Waals surface area contributed by atoms with Crippen LogP contribution in [0.2, 0.25) is 0 Å². The zero-order valence-electron chi connectivity index (χ0n) is 20.9. The molecule has 3 aliphatic carbocycles. The van der Waals surface area contributed by atoms with Gasteiger partial charge in [0.1, 0.15) is 0 Å². The number of allylic oxidation sites excluding steroid dienone is 3. The van der Waals surface area contributed by atoms with E-state index in [9.17, 15) is 0 Å². The zero-order chi connectivity index (χ0) is 22.7. The van der Waals surface area contributed by atoms with Crippen molar-refractivity contribution in [3.63, 3.8) is 0 Å². The van der Waals surface area contributed by atoms with Gasteiger partial charge in [0, 0.05) is 5.41 Å². The second-order valence-corrected chi connectivity index (χ2v) is 12.1. The lowest BCUT2D eigenvalue weighted by atomic mass is 9.61. The van der Waals surface area contributed by atoms with Gasteiger partial charge in [-0.2, -0.15) is 0 Å². The van der Waals surface area contributed by atoms with Gasteiger partial charge in [0.25, 0.3) is 0 Å². The van der Waals surface area contributed by atoms with Crippen LogP contribution < -0.4 is 0 Å².